The Balaban J connectivity index is 1.54. The van der Waals surface area contributed by atoms with Gasteiger partial charge in [0.15, 0.2) is 5.58 Å². The van der Waals surface area contributed by atoms with Crippen molar-refractivity contribution in [1.82, 2.24) is 9.97 Å². The van der Waals surface area contributed by atoms with E-state index in [-0.39, 0.29) is 0 Å². The van der Waals surface area contributed by atoms with Crippen molar-refractivity contribution in [3.8, 4) is 11.5 Å². The van der Waals surface area contributed by atoms with E-state index in [1.807, 2.05) is 36.5 Å². The Morgan fingerprint density at radius 1 is 1.13 bits per heavy atom. The molecule has 1 aliphatic heterocycles. The van der Waals surface area contributed by atoms with Crippen LogP contribution >= 0.6 is 0 Å². The van der Waals surface area contributed by atoms with E-state index in [2.05, 4.69) is 27.9 Å². The summed E-state index contributed by atoms with van der Waals surface area (Å²) in [6, 6.07) is 11.9. The van der Waals surface area contributed by atoms with Gasteiger partial charge in [-0.3, -0.25) is 0 Å². The number of aromatic nitrogens is 2. The number of para-hydroxylation sites is 2. The maximum absolute atomic E-state index is 5.80. The number of anilines is 1. The van der Waals surface area contributed by atoms with Crippen LogP contribution in [0.25, 0.3) is 22.6 Å². The van der Waals surface area contributed by atoms with Gasteiger partial charge in [-0.25, -0.2) is 9.97 Å². The molecular weight excluding hydrogens is 286 g/mol. The number of piperidine rings is 1. The smallest absolute Gasteiger partial charge is 0.228 e. The molecule has 4 heteroatoms. The topological polar surface area (TPSA) is 42.2 Å². The van der Waals surface area contributed by atoms with Crippen molar-refractivity contribution in [2.75, 3.05) is 18.0 Å². The molecule has 1 fully saturated rings. The summed E-state index contributed by atoms with van der Waals surface area (Å²) in [7, 11) is 0. The number of fused-ring (bicyclic) bond motifs is 1. The lowest BCUT2D eigenvalue weighted by atomic mass is 9.94. The highest BCUT2D eigenvalue weighted by Crippen LogP contribution is 2.27. The van der Waals surface area contributed by atoms with E-state index >= 15 is 0 Å². The standard InChI is InChI=1S/C19H20N3O/c1-2-14-9-11-22(12-10-14)18-8-7-15(13-20-18)19-21-16-5-3-4-6-17(16)23-19/h3-8,13-14H,1-2,9-12H2. The van der Waals surface area contributed by atoms with E-state index in [4.69, 9.17) is 4.42 Å². The van der Waals surface area contributed by atoms with E-state index in [1.165, 1.54) is 12.8 Å². The van der Waals surface area contributed by atoms with Gasteiger partial charge in [-0.1, -0.05) is 25.5 Å². The lowest BCUT2D eigenvalue weighted by Gasteiger charge is -2.32. The normalized spacial score (nSPS) is 16.1. The first-order valence-corrected chi connectivity index (χ1v) is 8.19. The Morgan fingerprint density at radius 2 is 1.96 bits per heavy atom. The van der Waals surface area contributed by atoms with Crippen molar-refractivity contribution >= 4 is 16.9 Å². The molecule has 23 heavy (non-hydrogen) atoms. The molecule has 0 N–H and O–H groups in total. The summed E-state index contributed by atoms with van der Waals surface area (Å²) in [6.07, 6.45) is 5.31. The average molecular weight is 306 g/mol. The second-order valence-corrected chi connectivity index (χ2v) is 6.11. The Hall–Kier alpha value is -2.36. The Labute approximate surface area is 136 Å². The minimum Gasteiger partial charge on any atom is -0.436 e. The third kappa shape index (κ3) is 2.81. The zero-order valence-electron chi connectivity index (χ0n) is 13.1. The zero-order valence-corrected chi connectivity index (χ0v) is 13.1. The van der Waals surface area contributed by atoms with Crippen molar-refractivity contribution in [2.24, 2.45) is 5.92 Å². The molecule has 1 radical (unpaired) electrons. The second kappa shape index (κ2) is 6.03. The lowest BCUT2D eigenvalue weighted by Crippen LogP contribution is -2.33. The molecule has 0 spiro atoms. The van der Waals surface area contributed by atoms with Crippen LogP contribution in [-0.4, -0.2) is 23.1 Å². The van der Waals surface area contributed by atoms with Gasteiger partial charge < -0.3 is 9.32 Å². The summed E-state index contributed by atoms with van der Waals surface area (Å²) in [5, 5.41) is 0. The van der Waals surface area contributed by atoms with Gasteiger partial charge in [0.2, 0.25) is 5.89 Å². The number of oxazole rings is 1. The molecule has 0 bridgehead atoms. The van der Waals surface area contributed by atoms with Gasteiger partial charge in [-0.15, -0.1) is 0 Å². The largest absolute Gasteiger partial charge is 0.436 e. The molecule has 1 aromatic carbocycles. The third-order valence-corrected chi connectivity index (χ3v) is 4.64. The van der Waals surface area contributed by atoms with Gasteiger partial charge in [-0.2, -0.15) is 0 Å². The molecule has 117 valence electrons. The van der Waals surface area contributed by atoms with Gasteiger partial charge >= 0.3 is 0 Å². The van der Waals surface area contributed by atoms with Crippen LogP contribution in [0.3, 0.4) is 0 Å². The number of pyridine rings is 1. The molecule has 0 amide bonds. The van der Waals surface area contributed by atoms with Crippen molar-refractivity contribution < 1.29 is 4.42 Å². The van der Waals surface area contributed by atoms with Crippen LogP contribution < -0.4 is 4.90 Å². The van der Waals surface area contributed by atoms with Gasteiger partial charge in [0, 0.05) is 19.3 Å². The van der Waals surface area contributed by atoms with Crippen molar-refractivity contribution in [1.29, 1.82) is 0 Å². The maximum atomic E-state index is 5.80. The molecule has 3 heterocycles. The van der Waals surface area contributed by atoms with E-state index in [0.717, 1.165) is 47.9 Å². The summed E-state index contributed by atoms with van der Waals surface area (Å²) in [5.74, 6) is 2.43. The lowest BCUT2D eigenvalue weighted by molar-refractivity contribution is 0.407. The van der Waals surface area contributed by atoms with Gasteiger partial charge in [0.05, 0.1) is 5.56 Å². The fourth-order valence-corrected chi connectivity index (χ4v) is 3.15. The minimum absolute atomic E-state index is 0.626. The van der Waals surface area contributed by atoms with Crippen molar-refractivity contribution in [3.63, 3.8) is 0 Å². The van der Waals surface area contributed by atoms with Crippen molar-refractivity contribution in [2.45, 2.75) is 19.3 Å². The first kappa shape index (κ1) is 14.2. The molecule has 1 aliphatic rings. The van der Waals surface area contributed by atoms with Crippen LogP contribution in [0, 0.1) is 12.8 Å². The second-order valence-electron chi connectivity index (χ2n) is 6.11. The summed E-state index contributed by atoms with van der Waals surface area (Å²) < 4.78 is 5.80. The molecule has 0 unspecified atom stereocenters. The Morgan fingerprint density at radius 3 is 2.65 bits per heavy atom. The van der Waals surface area contributed by atoms with Crippen LogP contribution in [0.2, 0.25) is 0 Å². The molecule has 4 nitrogen and oxygen atoms in total. The van der Waals surface area contributed by atoms with Crippen LogP contribution in [0.5, 0.6) is 0 Å². The number of hydrogen-bond donors (Lipinski definition) is 0. The van der Waals surface area contributed by atoms with Crippen LogP contribution in [0.15, 0.2) is 47.0 Å². The van der Waals surface area contributed by atoms with Crippen LogP contribution in [0.1, 0.15) is 19.3 Å². The molecule has 3 aromatic rings. The van der Waals surface area contributed by atoms with Gasteiger partial charge in [-0.05, 0) is 43.0 Å². The molecule has 4 rings (SSSR count). The number of rotatable bonds is 3. The Bertz CT molecular complexity index is 753. The van der Waals surface area contributed by atoms with E-state index in [9.17, 15) is 0 Å². The van der Waals surface area contributed by atoms with Crippen molar-refractivity contribution in [3.05, 3.63) is 49.5 Å². The highest BCUT2D eigenvalue weighted by atomic mass is 16.3. The predicted molar refractivity (Wildman–Crippen MR) is 92.2 cm³/mol. The summed E-state index contributed by atoms with van der Waals surface area (Å²) >= 11 is 0. The first-order chi connectivity index (χ1) is 11.3. The highest BCUT2D eigenvalue weighted by molar-refractivity contribution is 5.75. The fourth-order valence-electron chi connectivity index (χ4n) is 3.15. The third-order valence-electron chi connectivity index (χ3n) is 4.64. The molecular formula is C19H20N3O. The monoisotopic (exact) mass is 306 g/mol. The maximum Gasteiger partial charge on any atom is 0.228 e. The summed E-state index contributed by atoms with van der Waals surface area (Å²) in [5.41, 5.74) is 2.60. The summed E-state index contributed by atoms with van der Waals surface area (Å²) in [6.45, 7) is 6.15. The summed E-state index contributed by atoms with van der Waals surface area (Å²) in [4.78, 5) is 11.5. The van der Waals surface area contributed by atoms with Crippen LogP contribution in [-0.2, 0) is 0 Å². The average Bonchev–Trinajstić information content (AvgIpc) is 3.06. The highest BCUT2D eigenvalue weighted by Gasteiger charge is 2.19. The van der Waals surface area contributed by atoms with E-state index in [0.29, 0.717) is 5.89 Å². The fraction of sp³-hybridized carbons (Fsp3) is 0.316. The zero-order chi connectivity index (χ0) is 15.6. The van der Waals surface area contributed by atoms with Gasteiger partial charge in [0.25, 0.3) is 0 Å². The van der Waals surface area contributed by atoms with E-state index in [1.54, 1.807) is 0 Å². The molecule has 0 aliphatic carbocycles. The minimum atomic E-state index is 0.626. The number of hydrogen-bond acceptors (Lipinski definition) is 4. The molecule has 1 saturated heterocycles. The Kier molecular flexibility index (Phi) is 3.74. The van der Waals surface area contributed by atoms with E-state index < -0.39 is 0 Å². The predicted octanol–water partition coefficient (Wildman–Crippen LogP) is 4.33. The van der Waals surface area contributed by atoms with Gasteiger partial charge in [0.1, 0.15) is 11.3 Å². The first-order valence-electron chi connectivity index (χ1n) is 8.19. The number of benzene rings is 1. The SMILES string of the molecule is [CH2]CC1CCN(c2ccc(-c3nc4ccccc4o3)cn2)CC1. The molecule has 2 aromatic heterocycles. The number of nitrogens with zero attached hydrogens (tertiary/aromatic N) is 3. The molecule has 0 saturated carbocycles. The molecule has 0 atom stereocenters. The van der Waals surface area contributed by atoms with Crippen LogP contribution in [0.4, 0.5) is 5.82 Å². The quantitative estimate of drug-likeness (QED) is 0.722.